The Morgan fingerprint density at radius 1 is 1.04 bits per heavy atom. The maximum Gasteiger partial charge on any atom is 0.240 e. The molecule has 0 aliphatic carbocycles. The molecule has 0 unspecified atom stereocenters. The Morgan fingerprint density at radius 3 is 2.32 bits per heavy atom. The largest absolute Gasteiger partial charge is 0.492 e. The van der Waals surface area contributed by atoms with E-state index >= 15 is 0 Å². The van der Waals surface area contributed by atoms with E-state index in [0.717, 1.165) is 21.9 Å². The summed E-state index contributed by atoms with van der Waals surface area (Å²) in [5, 5.41) is 2.69. The third kappa shape index (κ3) is 6.16. The SMILES string of the molecule is CCOc1ccccc1N(CC(=O)NCCOc1ccccc1C)S(C)(=O)=O. The van der Waals surface area contributed by atoms with Crippen LogP contribution in [0.5, 0.6) is 11.5 Å². The van der Waals surface area contributed by atoms with Gasteiger partial charge >= 0.3 is 0 Å². The van der Waals surface area contributed by atoms with Gasteiger partial charge in [-0.2, -0.15) is 0 Å². The molecule has 7 nitrogen and oxygen atoms in total. The lowest BCUT2D eigenvalue weighted by molar-refractivity contribution is -0.119. The normalized spacial score (nSPS) is 11.0. The first-order chi connectivity index (χ1) is 13.3. The topological polar surface area (TPSA) is 84.9 Å². The molecule has 0 aliphatic heterocycles. The van der Waals surface area contributed by atoms with Crippen LogP contribution in [0.4, 0.5) is 5.69 Å². The molecular formula is C20H26N2O5S. The number of aryl methyl sites for hydroxylation is 1. The van der Waals surface area contributed by atoms with Crippen LogP contribution in [-0.2, 0) is 14.8 Å². The van der Waals surface area contributed by atoms with Gasteiger partial charge in [-0.1, -0.05) is 30.3 Å². The molecule has 8 heteroatoms. The van der Waals surface area contributed by atoms with Gasteiger partial charge in [0.05, 0.1) is 25.1 Å². The Balaban J connectivity index is 1.98. The molecule has 1 amide bonds. The predicted molar refractivity (Wildman–Crippen MR) is 109 cm³/mol. The van der Waals surface area contributed by atoms with E-state index in [2.05, 4.69) is 5.32 Å². The van der Waals surface area contributed by atoms with Gasteiger partial charge in [-0.15, -0.1) is 0 Å². The van der Waals surface area contributed by atoms with Crippen LogP contribution in [0.3, 0.4) is 0 Å². The zero-order chi connectivity index (χ0) is 20.6. The van der Waals surface area contributed by atoms with Crippen LogP contribution in [0.2, 0.25) is 0 Å². The van der Waals surface area contributed by atoms with Gasteiger partial charge in [0.2, 0.25) is 15.9 Å². The number of para-hydroxylation sites is 3. The lowest BCUT2D eigenvalue weighted by Crippen LogP contribution is -2.41. The van der Waals surface area contributed by atoms with E-state index in [4.69, 9.17) is 9.47 Å². The van der Waals surface area contributed by atoms with Gasteiger partial charge in [-0.05, 0) is 37.6 Å². The molecule has 2 aromatic carbocycles. The van der Waals surface area contributed by atoms with Gasteiger partial charge in [0, 0.05) is 0 Å². The van der Waals surface area contributed by atoms with Gasteiger partial charge < -0.3 is 14.8 Å². The quantitative estimate of drug-likeness (QED) is 0.612. The van der Waals surface area contributed by atoms with Gasteiger partial charge in [0.1, 0.15) is 24.7 Å². The number of ether oxygens (including phenoxy) is 2. The third-order valence-corrected chi connectivity index (χ3v) is 5.02. The highest BCUT2D eigenvalue weighted by atomic mass is 32.2. The maximum absolute atomic E-state index is 12.3. The summed E-state index contributed by atoms with van der Waals surface area (Å²) in [7, 11) is -3.67. The van der Waals surface area contributed by atoms with Crippen LogP contribution in [-0.4, -0.2) is 46.9 Å². The van der Waals surface area contributed by atoms with Gasteiger partial charge in [0.25, 0.3) is 0 Å². The van der Waals surface area contributed by atoms with E-state index in [1.54, 1.807) is 24.3 Å². The fraction of sp³-hybridized carbons (Fsp3) is 0.350. The standard InChI is InChI=1S/C20H26N2O5S/c1-4-26-19-12-8-6-10-17(19)22(28(3,24)25)15-20(23)21-13-14-27-18-11-7-5-9-16(18)2/h5-12H,4,13-15H2,1-3H3,(H,21,23). The number of benzene rings is 2. The molecule has 0 heterocycles. The molecule has 0 atom stereocenters. The Hall–Kier alpha value is -2.74. The number of anilines is 1. The molecule has 28 heavy (non-hydrogen) atoms. The smallest absolute Gasteiger partial charge is 0.240 e. The minimum absolute atomic E-state index is 0.262. The minimum Gasteiger partial charge on any atom is -0.492 e. The second kappa shape index (κ2) is 9.98. The van der Waals surface area contributed by atoms with Crippen molar-refractivity contribution >= 4 is 21.6 Å². The summed E-state index contributed by atoms with van der Waals surface area (Å²) in [5.41, 5.74) is 1.34. The van der Waals surface area contributed by atoms with Crippen molar-refractivity contribution in [2.45, 2.75) is 13.8 Å². The Morgan fingerprint density at radius 2 is 1.68 bits per heavy atom. The van der Waals surface area contributed by atoms with Gasteiger partial charge in [-0.3, -0.25) is 9.10 Å². The fourth-order valence-corrected chi connectivity index (χ4v) is 3.44. The van der Waals surface area contributed by atoms with Crippen LogP contribution in [0.15, 0.2) is 48.5 Å². The fourth-order valence-electron chi connectivity index (χ4n) is 2.58. The monoisotopic (exact) mass is 406 g/mol. The highest BCUT2D eigenvalue weighted by Crippen LogP contribution is 2.29. The summed E-state index contributed by atoms with van der Waals surface area (Å²) < 4.78 is 36.6. The maximum atomic E-state index is 12.3. The number of sulfonamides is 1. The first-order valence-electron chi connectivity index (χ1n) is 8.97. The molecule has 0 fully saturated rings. The number of hydrogen-bond acceptors (Lipinski definition) is 5. The third-order valence-electron chi connectivity index (χ3n) is 3.90. The van der Waals surface area contributed by atoms with Gasteiger partial charge in [-0.25, -0.2) is 8.42 Å². The molecular weight excluding hydrogens is 380 g/mol. The van der Waals surface area contributed by atoms with Crippen molar-refractivity contribution in [1.82, 2.24) is 5.32 Å². The molecule has 0 saturated carbocycles. The highest BCUT2D eigenvalue weighted by molar-refractivity contribution is 7.92. The second-order valence-corrected chi connectivity index (χ2v) is 8.04. The minimum atomic E-state index is -3.67. The molecule has 1 N–H and O–H groups in total. The summed E-state index contributed by atoms with van der Waals surface area (Å²) >= 11 is 0. The summed E-state index contributed by atoms with van der Waals surface area (Å²) in [6.07, 6.45) is 1.06. The summed E-state index contributed by atoms with van der Waals surface area (Å²) in [5.74, 6) is 0.733. The number of amides is 1. The zero-order valence-corrected chi connectivity index (χ0v) is 17.2. The van der Waals surface area contributed by atoms with Crippen molar-refractivity contribution in [3.8, 4) is 11.5 Å². The van der Waals surface area contributed by atoms with Crippen molar-refractivity contribution in [3.05, 3.63) is 54.1 Å². The molecule has 0 aliphatic rings. The van der Waals surface area contributed by atoms with E-state index in [1.807, 2.05) is 38.1 Å². The van der Waals surface area contributed by atoms with E-state index < -0.39 is 15.9 Å². The number of hydrogen-bond donors (Lipinski definition) is 1. The molecule has 2 aromatic rings. The lowest BCUT2D eigenvalue weighted by Gasteiger charge is -2.24. The molecule has 0 spiro atoms. The average molecular weight is 407 g/mol. The highest BCUT2D eigenvalue weighted by Gasteiger charge is 2.23. The van der Waals surface area contributed by atoms with E-state index in [1.165, 1.54) is 0 Å². The van der Waals surface area contributed by atoms with Crippen LogP contribution < -0.4 is 19.1 Å². The van der Waals surface area contributed by atoms with Crippen LogP contribution in [0.1, 0.15) is 12.5 Å². The Bertz CT molecular complexity index is 899. The van der Waals surface area contributed by atoms with Crippen LogP contribution >= 0.6 is 0 Å². The van der Waals surface area contributed by atoms with Crippen molar-refractivity contribution < 1.29 is 22.7 Å². The van der Waals surface area contributed by atoms with Crippen molar-refractivity contribution in [2.24, 2.45) is 0 Å². The van der Waals surface area contributed by atoms with Crippen molar-refractivity contribution in [1.29, 1.82) is 0 Å². The number of rotatable bonds is 10. The Labute approximate surface area is 166 Å². The zero-order valence-electron chi connectivity index (χ0n) is 16.3. The van der Waals surface area contributed by atoms with Crippen LogP contribution in [0.25, 0.3) is 0 Å². The second-order valence-electron chi connectivity index (χ2n) is 6.13. The van der Waals surface area contributed by atoms with E-state index in [9.17, 15) is 13.2 Å². The van der Waals surface area contributed by atoms with Gasteiger partial charge in [0.15, 0.2) is 0 Å². The first kappa shape index (κ1) is 21.6. The number of nitrogens with zero attached hydrogens (tertiary/aromatic N) is 1. The number of carbonyl (C=O) groups excluding carboxylic acids is 1. The number of nitrogens with one attached hydrogen (secondary N) is 1. The molecule has 152 valence electrons. The molecule has 0 aromatic heterocycles. The molecule has 2 rings (SSSR count). The predicted octanol–water partition coefficient (Wildman–Crippen LogP) is 2.35. The summed E-state index contributed by atoms with van der Waals surface area (Å²) in [6, 6.07) is 14.3. The Kier molecular flexibility index (Phi) is 7.69. The lowest BCUT2D eigenvalue weighted by atomic mass is 10.2. The molecule has 0 radical (unpaired) electrons. The summed E-state index contributed by atoms with van der Waals surface area (Å²) in [4.78, 5) is 12.3. The first-order valence-corrected chi connectivity index (χ1v) is 10.8. The van der Waals surface area contributed by atoms with E-state index in [-0.39, 0.29) is 19.7 Å². The number of carbonyl (C=O) groups is 1. The summed E-state index contributed by atoms with van der Waals surface area (Å²) in [6.45, 7) is 4.34. The van der Waals surface area contributed by atoms with Crippen molar-refractivity contribution in [3.63, 3.8) is 0 Å². The molecule has 0 bridgehead atoms. The van der Waals surface area contributed by atoms with E-state index in [0.29, 0.717) is 18.0 Å². The van der Waals surface area contributed by atoms with Crippen molar-refractivity contribution in [2.75, 3.05) is 36.9 Å². The average Bonchev–Trinajstić information content (AvgIpc) is 2.65. The molecule has 0 saturated heterocycles. The van der Waals surface area contributed by atoms with Crippen LogP contribution in [0, 0.1) is 6.92 Å².